The van der Waals surface area contributed by atoms with Gasteiger partial charge in [-0.1, -0.05) is 35.9 Å². The Bertz CT molecular complexity index is 908. The van der Waals surface area contributed by atoms with Gasteiger partial charge >= 0.3 is 0 Å². The Morgan fingerprint density at radius 3 is 2.77 bits per heavy atom. The highest BCUT2D eigenvalue weighted by Gasteiger charge is 2.12. The van der Waals surface area contributed by atoms with E-state index in [0.29, 0.717) is 11.4 Å². The highest BCUT2D eigenvalue weighted by atomic mass is 35.5. The zero-order valence-electron chi connectivity index (χ0n) is 14.7. The van der Waals surface area contributed by atoms with Crippen molar-refractivity contribution < 1.29 is 4.79 Å². The lowest BCUT2D eigenvalue weighted by Gasteiger charge is -2.15. The molecule has 26 heavy (non-hydrogen) atoms. The second kappa shape index (κ2) is 8.10. The van der Waals surface area contributed by atoms with Crippen molar-refractivity contribution in [3.8, 4) is 5.69 Å². The molecular formula is C19H20ClN5O. The molecule has 1 heterocycles. The predicted molar refractivity (Wildman–Crippen MR) is 101 cm³/mol. The van der Waals surface area contributed by atoms with Crippen LogP contribution < -0.4 is 5.32 Å². The number of carbonyl (C=O) groups excluding carboxylic acids is 1. The van der Waals surface area contributed by atoms with Gasteiger partial charge < -0.3 is 5.32 Å². The molecule has 3 aromatic rings. The molecule has 3 rings (SSSR count). The van der Waals surface area contributed by atoms with E-state index in [-0.39, 0.29) is 11.9 Å². The van der Waals surface area contributed by atoms with Crippen molar-refractivity contribution in [3.63, 3.8) is 0 Å². The number of aryl methyl sites for hydroxylation is 2. The molecule has 0 fully saturated rings. The molecule has 0 saturated heterocycles. The lowest BCUT2D eigenvalue weighted by atomic mass is 10.1. The Labute approximate surface area is 157 Å². The number of carbonyl (C=O) groups is 1. The molecule has 6 nitrogen and oxygen atoms in total. The molecule has 2 aromatic carbocycles. The van der Waals surface area contributed by atoms with E-state index in [1.54, 1.807) is 16.8 Å². The monoisotopic (exact) mass is 369 g/mol. The summed E-state index contributed by atoms with van der Waals surface area (Å²) < 4.78 is 1.59. The minimum absolute atomic E-state index is 0.0252. The second-order valence-corrected chi connectivity index (χ2v) is 6.60. The van der Waals surface area contributed by atoms with Crippen molar-refractivity contribution in [2.75, 3.05) is 0 Å². The SMILES string of the molecule is Cc1nnnn1-c1cccc(C(=O)N[C@H](C)CCc2ccccc2Cl)c1. The molecule has 1 N–H and O–H groups in total. The van der Waals surface area contributed by atoms with Crippen LogP contribution in [-0.4, -0.2) is 32.2 Å². The van der Waals surface area contributed by atoms with Gasteiger partial charge in [0.15, 0.2) is 5.82 Å². The summed E-state index contributed by atoms with van der Waals surface area (Å²) in [6, 6.07) is 15.0. The summed E-state index contributed by atoms with van der Waals surface area (Å²) in [4.78, 5) is 12.5. The van der Waals surface area contributed by atoms with E-state index in [1.165, 1.54) is 0 Å². The van der Waals surface area contributed by atoms with E-state index in [9.17, 15) is 4.79 Å². The lowest BCUT2D eigenvalue weighted by molar-refractivity contribution is 0.0938. The van der Waals surface area contributed by atoms with E-state index < -0.39 is 0 Å². The molecule has 1 aromatic heterocycles. The molecule has 0 radical (unpaired) electrons. The van der Waals surface area contributed by atoms with Crippen LogP contribution in [0.25, 0.3) is 5.69 Å². The van der Waals surface area contributed by atoms with Gasteiger partial charge in [-0.3, -0.25) is 4.79 Å². The van der Waals surface area contributed by atoms with Crippen molar-refractivity contribution in [2.24, 2.45) is 0 Å². The maximum Gasteiger partial charge on any atom is 0.251 e. The largest absolute Gasteiger partial charge is 0.350 e. The first-order chi connectivity index (χ1) is 12.5. The van der Waals surface area contributed by atoms with E-state index >= 15 is 0 Å². The van der Waals surface area contributed by atoms with Gasteiger partial charge in [-0.15, -0.1) is 5.10 Å². The van der Waals surface area contributed by atoms with Crippen molar-refractivity contribution in [1.29, 1.82) is 0 Å². The number of tetrazole rings is 1. The highest BCUT2D eigenvalue weighted by molar-refractivity contribution is 6.31. The number of amides is 1. The third-order valence-electron chi connectivity index (χ3n) is 4.16. The van der Waals surface area contributed by atoms with Gasteiger partial charge in [-0.05, 0) is 66.9 Å². The van der Waals surface area contributed by atoms with Crippen LogP contribution in [0.3, 0.4) is 0 Å². The third-order valence-corrected chi connectivity index (χ3v) is 4.53. The number of nitrogens with zero attached hydrogens (tertiary/aromatic N) is 4. The molecule has 7 heteroatoms. The van der Waals surface area contributed by atoms with Gasteiger partial charge in [0.2, 0.25) is 0 Å². The summed E-state index contributed by atoms with van der Waals surface area (Å²) in [6.45, 7) is 3.80. The zero-order valence-corrected chi connectivity index (χ0v) is 15.4. The molecular weight excluding hydrogens is 350 g/mol. The summed E-state index contributed by atoms with van der Waals surface area (Å²) in [7, 11) is 0. The van der Waals surface area contributed by atoms with Crippen LogP contribution in [-0.2, 0) is 6.42 Å². The molecule has 0 aliphatic heterocycles. The number of rotatable bonds is 6. The molecule has 0 spiro atoms. The molecule has 1 amide bonds. The van der Waals surface area contributed by atoms with E-state index in [4.69, 9.17) is 11.6 Å². The number of benzene rings is 2. The van der Waals surface area contributed by atoms with Crippen LogP contribution in [0.5, 0.6) is 0 Å². The van der Waals surface area contributed by atoms with Crippen molar-refractivity contribution >= 4 is 17.5 Å². The first kappa shape index (κ1) is 18.1. The average Bonchev–Trinajstić information content (AvgIpc) is 3.07. The minimum atomic E-state index is -0.121. The van der Waals surface area contributed by atoms with Gasteiger partial charge in [0, 0.05) is 16.6 Å². The van der Waals surface area contributed by atoms with Gasteiger partial charge in [0.25, 0.3) is 5.91 Å². The lowest BCUT2D eigenvalue weighted by Crippen LogP contribution is -2.33. The number of aromatic nitrogens is 4. The van der Waals surface area contributed by atoms with Crippen molar-refractivity contribution in [3.05, 3.63) is 70.5 Å². The normalized spacial score (nSPS) is 12.0. The predicted octanol–water partition coefficient (Wildman–Crippen LogP) is 3.38. The number of nitrogens with one attached hydrogen (secondary N) is 1. The van der Waals surface area contributed by atoms with Gasteiger partial charge in [-0.2, -0.15) is 4.68 Å². The fraction of sp³-hybridized carbons (Fsp3) is 0.263. The highest BCUT2D eigenvalue weighted by Crippen LogP contribution is 2.17. The van der Waals surface area contributed by atoms with Crippen LogP contribution >= 0.6 is 11.6 Å². The molecule has 1 atom stereocenters. The summed E-state index contributed by atoms with van der Waals surface area (Å²) in [5, 5.41) is 15.2. The van der Waals surface area contributed by atoms with Crippen LogP contribution in [0.2, 0.25) is 5.02 Å². The van der Waals surface area contributed by atoms with E-state index in [2.05, 4.69) is 20.8 Å². The maximum absolute atomic E-state index is 12.5. The van der Waals surface area contributed by atoms with Crippen molar-refractivity contribution in [2.45, 2.75) is 32.7 Å². The second-order valence-electron chi connectivity index (χ2n) is 6.19. The quantitative estimate of drug-likeness (QED) is 0.723. The first-order valence-corrected chi connectivity index (χ1v) is 8.82. The summed E-state index contributed by atoms with van der Waals surface area (Å²) >= 11 is 6.18. The van der Waals surface area contributed by atoms with Crippen molar-refractivity contribution in [1.82, 2.24) is 25.5 Å². The van der Waals surface area contributed by atoms with Gasteiger partial charge in [0.05, 0.1) is 5.69 Å². The Kier molecular flexibility index (Phi) is 5.63. The number of halogens is 1. The summed E-state index contributed by atoms with van der Waals surface area (Å²) in [5.41, 5.74) is 2.41. The van der Waals surface area contributed by atoms with Crippen LogP contribution in [0.1, 0.15) is 35.1 Å². The van der Waals surface area contributed by atoms with Gasteiger partial charge in [-0.25, -0.2) is 0 Å². The third kappa shape index (κ3) is 4.26. The Morgan fingerprint density at radius 2 is 2.04 bits per heavy atom. The molecule has 134 valence electrons. The zero-order chi connectivity index (χ0) is 18.5. The Hall–Kier alpha value is -2.73. The first-order valence-electron chi connectivity index (χ1n) is 8.44. The molecule has 0 bridgehead atoms. The maximum atomic E-state index is 12.5. The molecule has 0 unspecified atom stereocenters. The van der Waals surface area contributed by atoms with Crippen LogP contribution in [0, 0.1) is 6.92 Å². The fourth-order valence-corrected chi connectivity index (χ4v) is 2.93. The van der Waals surface area contributed by atoms with E-state index in [1.807, 2.05) is 50.2 Å². The summed E-state index contributed by atoms with van der Waals surface area (Å²) in [5.74, 6) is 0.542. The fourth-order valence-electron chi connectivity index (χ4n) is 2.70. The molecule has 0 saturated carbocycles. The van der Waals surface area contributed by atoms with Crippen LogP contribution in [0.15, 0.2) is 48.5 Å². The summed E-state index contributed by atoms with van der Waals surface area (Å²) in [6.07, 6.45) is 1.62. The Balaban J connectivity index is 1.63. The Morgan fingerprint density at radius 1 is 1.23 bits per heavy atom. The average molecular weight is 370 g/mol. The number of hydrogen-bond donors (Lipinski definition) is 1. The minimum Gasteiger partial charge on any atom is -0.350 e. The number of hydrogen-bond acceptors (Lipinski definition) is 4. The standard InChI is InChI=1S/C19H20ClN5O/c1-13(10-11-15-6-3-4-9-18(15)20)21-19(26)16-7-5-8-17(12-16)25-14(2)22-23-24-25/h3-9,12-13H,10-11H2,1-2H3,(H,21,26)/t13-/m1/s1. The smallest absolute Gasteiger partial charge is 0.251 e. The molecule has 0 aliphatic carbocycles. The van der Waals surface area contributed by atoms with Crippen LogP contribution in [0.4, 0.5) is 0 Å². The van der Waals surface area contributed by atoms with Gasteiger partial charge in [0.1, 0.15) is 0 Å². The molecule has 0 aliphatic rings. The topological polar surface area (TPSA) is 72.7 Å². The van der Waals surface area contributed by atoms with E-state index in [0.717, 1.165) is 29.1 Å².